The third-order valence-corrected chi connectivity index (χ3v) is 3.36. The fourth-order valence-electron chi connectivity index (χ4n) is 2.25. The van der Waals surface area contributed by atoms with Crippen molar-refractivity contribution in [3.63, 3.8) is 0 Å². The summed E-state index contributed by atoms with van der Waals surface area (Å²) in [5.74, 6) is 0.727. The fourth-order valence-corrected chi connectivity index (χ4v) is 2.46. The molecule has 0 aromatic heterocycles. The van der Waals surface area contributed by atoms with Gasteiger partial charge < -0.3 is 5.32 Å². The molecule has 0 aliphatic heterocycles. The molecule has 0 heterocycles. The lowest BCUT2D eigenvalue weighted by Gasteiger charge is -2.16. The van der Waals surface area contributed by atoms with Crippen LogP contribution >= 0.6 is 11.6 Å². The Labute approximate surface area is 111 Å². The number of rotatable bonds is 8. The van der Waals surface area contributed by atoms with Gasteiger partial charge in [0.25, 0.3) is 0 Å². The molecule has 1 rings (SSSR count). The first-order chi connectivity index (χ1) is 8.26. The van der Waals surface area contributed by atoms with Gasteiger partial charge in [0.1, 0.15) is 0 Å². The third-order valence-electron chi connectivity index (χ3n) is 3.12. The van der Waals surface area contributed by atoms with Crippen LogP contribution in [0.2, 0.25) is 5.02 Å². The molecule has 1 unspecified atom stereocenters. The largest absolute Gasteiger partial charge is 0.319 e. The lowest BCUT2D eigenvalue weighted by Crippen LogP contribution is -2.20. The van der Waals surface area contributed by atoms with Gasteiger partial charge >= 0.3 is 0 Å². The molecule has 1 aromatic rings. The standard InChI is InChI=1S/C15H24ClN/c1-3-4-5-7-14(12-17-2)10-13-8-6-9-15(16)11-13/h6,8-9,11,14,17H,3-5,7,10,12H2,1-2H3. The van der Waals surface area contributed by atoms with Crippen molar-refractivity contribution >= 4 is 11.6 Å². The zero-order valence-corrected chi connectivity index (χ0v) is 11.8. The molecule has 0 radical (unpaired) electrons. The molecule has 0 fully saturated rings. The van der Waals surface area contributed by atoms with Gasteiger partial charge in [-0.05, 0) is 50.0 Å². The highest BCUT2D eigenvalue weighted by Gasteiger charge is 2.08. The maximum Gasteiger partial charge on any atom is 0.0408 e. The van der Waals surface area contributed by atoms with Crippen LogP contribution in [0.4, 0.5) is 0 Å². The topological polar surface area (TPSA) is 12.0 Å². The molecule has 96 valence electrons. The maximum absolute atomic E-state index is 6.02. The van der Waals surface area contributed by atoms with Gasteiger partial charge in [0.15, 0.2) is 0 Å². The quantitative estimate of drug-likeness (QED) is 0.682. The number of hydrogen-bond donors (Lipinski definition) is 1. The lowest BCUT2D eigenvalue weighted by atomic mass is 9.94. The Balaban J connectivity index is 2.47. The van der Waals surface area contributed by atoms with Gasteiger partial charge in [-0.1, -0.05) is 49.9 Å². The summed E-state index contributed by atoms with van der Waals surface area (Å²) in [7, 11) is 2.03. The van der Waals surface area contributed by atoms with Gasteiger partial charge in [-0.2, -0.15) is 0 Å². The van der Waals surface area contributed by atoms with Crippen molar-refractivity contribution in [1.29, 1.82) is 0 Å². The number of nitrogens with one attached hydrogen (secondary N) is 1. The van der Waals surface area contributed by atoms with Crippen LogP contribution in [0.5, 0.6) is 0 Å². The van der Waals surface area contributed by atoms with E-state index in [1.54, 1.807) is 0 Å². The second-order valence-electron chi connectivity index (χ2n) is 4.75. The van der Waals surface area contributed by atoms with E-state index in [-0.39, 0.29) is 0 Å². The second-order valence-corrected chi connectivity index (χ2v) is 5.19. The Kier molecular flexibility index (Phi) is 7.30. The number of halogens is 1. The highest BCUT2D eigenvalue weighted by atomic mass is 35.5. The minimum Gasteiger partial charge on any atom is -0.319 e. The zero-order valence-electron chi connectivity index (χ0n) is 11.0. The summed E-state index contributed by atoms with van der Waals surface area (Å²) >= 11 is 6.02. The van der Waals surface area contributed by atoms with E-state index in [4.69, 9.17) is 11.6 Å². The zero-order chi connectivity index (χ0) is 12.5. The molecule has 17 heavy (non-hydrogen) atoms. The van der Waals surface area contributed by atoms with E-state index in [2.05, 4.69) is 24.4 Å². The van der Waals surface area contributed by atoms with E-state index in [1.807, 2.05) is 19.2 Å². The van der Waals surface area contributed by atoms with Crippen LogP contribution in [-0.4, -0.2) is 13.6 Å². The molecule has 1 nitrogen and oxygen atoms in total. The average Bonchev–Trinajstić information content (AvgIpc) is 2.29. The molecule has 0 bridgehead atoms. The first-order valence-electron chi connectivity index (χ1n) is 6.65. The fraction of sp³-hybridized carbons (Fsp3) is 0.600. The highest BCUT2D eigenvalue weighted by Crippen LogP contribution is 2.18. The molecule has 1 atom stereocenters. The van der Waals surface area contributed by atoms with E-state index < -0.39 is 0 Å². The van der Waals surface area contributed by atoms with Crippen molar-refractivity contribution in [2.24, 2.45) is 5.92 Å². The van der Waals surface area contributed by atoms with Gasteiger partial charge in [-0.15, -0.1) is 0 Å². The summed E-state index contributed by atoms with van der Waals surface area (Å²) in [6, 6.07) is 8.24. The molecular weight excluding hydrogens is 230 g/mol. The van der Waals surface area contributed by atoms with E-state index in [0.717, 1.165) is 23.9 Å². The summed E-state index contributed by atoms with van der Waals surface area (Å²) < 4.78 is 0. The first kappa shape index (κ1) is 14.5. The van der Waals surface area contributed by atoms with E-state index in [1.165, 1.54) is 31.2 Å². The summed E-state index contributed by atoms with van der Waals surface area (Å²) in [5, 5.41) is 4.14. The van der Waals surface area contributed by atoms with Gasteiger partial charge in [0, 0.05) is 5.02 Å². The molecule has 1 aromatic carbocycles. The summed E-state index contributed by atoms with van der Waals surface area (Å²) in [5.41, 5.74) is 1.36. The van der Waals surface area contributed by atoms with Crippen LogP contribution < -0.4 is 5.32 Å². The second kappa shape index (κ2) is 8.54. The average molecular weight is 254 g/mol. The summed E-state index contributed by atoms with van der Waals surface area (Å²) in [6.07, 6.45) is 6.41. The van der Waals surface area contributed by atoms with Crippen molar-refractivity contribution in [3.8, 4) is 0 Å². The minimum absolute atomic E-state index is 0.727. The smallest absolute Gasteiger partial charge is 0.0408 e. The van der Waals surface area contributed by atoms with Crippen molar-refractivity contribution in [2.75, 3.05) is 13.6 Å². The Morgan fingerprint density at radius 1 is 1.29 bits per heavy atom. The van der Waals surface area contributed by atoms with E-state index in [0.29, 0.717) is 0 Å². The van der Waals surface area contributed by atoms with Crippen molar-refractivity contribution in [1.82, 2.24) is 5.32 Å². The molecule has 0 saturated carbocycles. The number of unbranched alkanes of at least 4 members (excludes halogenated alkanes) is 2. The van der Waals surface area contributed by atoms with Crippen molar-refractivity contribution < 1.29 is 0 Å². The van der Waals surface area contributed by atoms with Crippen LogP contribution in [0, 0.1) is 5.92 Å². The molecular formula is C15H24ClN. The van der Waals surface area contributed by atoms with E-state index in [9.17, 15) is 0 Å². The Hall–Kier alpha value is -0.530. The molecule has 0 amide bonds. The van der Waals surface area contributed by atoms with Crippen molar-refractivity contribution in [3.05, 3.63) is 34.9 Å². The monoisotopic (exact) mass is 253 g/mol. The Morgan fingerprint density at radius 2 is 2.12 bits per heavy atom. The molecule has 1 N–H and O–H groups in total. The molecule has 0 spiro atoms. The minimum atomic E-state index is 0.727. The van der Waals surface area contributed by atoms with Crippen LogP contribution in [0.1, 0.15) is 38.2 Å². The van der Waals surface area contributed by atoms with Crippen molar-refractivity contribution in [2.45, 2.75) is 39.0 Å². The van der Waals surface area contributed by atoms with Gasteiger partial charge in [-0.3, -0.25) is 0 Å². The van der Waals surface area contributed by atoms with Crippen LogP contribution in [0.3, 0.4) is 0 Å². The van der Waals surface area contributed by atoms with E-state index >= 15 is 0 Å². The predicted octanol–water partition coefficient (Wildman–Crippen LogP) is 4.30. The van der Waals surface area contributed by atoms with Gasteiger partial charge in [-0.25, -0.2) is 0 Å². The molecule has 0 aliphatic rings. The highest BCUT2D eigenvalue weighted by molar-refractivity contribution is 6.30. The number of benzene rings is 1. The van der Waals surface area contributed by atoms with Crippen LogP contribution in [0.25, 0.3) is 0 Å². The SMILES string of the molecule is CCCCCC(CNC)Cc1cccc(Cl)c1. The lowest BCUT2D eigenvalue weighted by molar-refractivity contribution is 0.438. The van der Waals surface area contributed by atoms with Gasteiger partial charge in [0.2, 0.25) is 0 Å². The first-order valence-corrected chi connectivity index (χ1v) is 7.03. The Morgan fingerprint density at radius 3 is 2.76 bits per heavy atom. The van der Waals surface area contributed by atoms with Crippen LogP contribution in [0.15, 0.2) is 24.3 Å². The molecule has 2 heteroatoms. The molecule has 0 saturated heterocycles. The third kappa shape index (κ3) is 6.09. The number of hydrogen-bond acceptors (Lipinski definition) is 1. The van der Waals surface area contributed by atoms with Gasteiger partial charge in [0.05, 0.1) is 0 Å². The Bertz CT molecular complexity index is 312. The predicted molar refractivity (Wildman–Crippen MR) is 76.7 cm³/mol. The maximum atomic E-state index is 6.02. The summed E-state index contributed by atoms with van der Waals surface area (Å²) in [6.45, 7) is 3.35. The van der Waals surface area contributed by atoms with Crippen LogP contribution in [-0.2, 0) is 6.42 Å². The normalized spacial score (nSPS) is 12.6. The summed E-state index contributed by atoms with van der Waals surface area (Å²) in [4.78, 5) is 0. The molecule has 0 aliphatic carbocycles.